The van der Waals surface area contributed by atoms with E-state index in [1.54, 1.807) is 0 Å². The van der Waals surface area contributed by atoms with Gasteiger partial charge in [0, 0.05) is 6.07 Å². The van der Waals surface area contributed by atoms with Crippen LogP contribution in [0.2, 0.25) is 0 Å². The van der Waals surface area contributed by atoms with Gasteiger partial charge in [-0.2, -0.15) is 13.2 Å². The summed E-state index contributed by atoms with van der Waals surface area (Å²) in [6.07, 6.45) is -8.28. The van der Waals surface area contributed by atoms with Gasteiger partial charge in [-0.05, 0) is 0 Å². The second-order valence-electron chi connectivity index (χ2n) is 2.74. The molecule has 0 saturated carbocycles. The zero-order chi connectivity index (χ0) is 12.5. The second kappa shape index (κ2) is 4.11. The number of rotatable bonds is 2. The van der Waals surface area contributed by atoms with E-state index in [0.29, 0.717) is 6.07 Å². The van der Waals surface area contributed by atoms with Crippen LogP contribution in [0.15, 0.2) is 6.07 Å². The molecule has 0 amide bonds. The summed E-state index contributed by atoms with van der Waals surface area (Å²) in [5.41, 5.74) is -2.96. The highest BCUT2D eigenvalue weighted by molar-refractivity contribution is 5.42. The number of halogens is 5. The van der Waals surface area contributed by atoms with Gasteiger partial charge in [-0.3, -0.25) is 0 Å². The highest BCUT2D eigenvalue weighted by Gasteiger charge is 2.37. The summed E-state index contributed by atoms with van der Waals surface area (Å²) in [6.45, 7) is 0. The highest BCUT2D eigenvalue weighted by Crippen LogP contribution is 2.41. The average Bonchev–Trinajstić information content (AvgIpc) is 2.15. The van der Waals surface area contributed by atoms with Crippen LogP contribution in [-0.4, -0.2) is 17.2 Å². The standard InChI is InChI=1S/C8H6F5NO2/c1-16-4-2-3(8(11,12)13)6(15)5(14-4)7(9)10/h2,7,15H,1H3. The second-order valence-corrected chi connectivity index (χ2v) is 2.74. The molecule has 0 unspecified atom stereocenters. The van der Waals surface area contributed by atoms with Gasteiger partial charge in [0.15, 0.2) is 11.4 Å². The molecule has 0 aliphatic rings. The van der Waals surface area contributed by atoms with E-state index < -0.39 is 35.5 Å². The van der Waals surface area contributed by atoms with E-state index in [-0.39, 0.29) is 0 Å². The topological polar surface area (TPSA) is 42.4 Å². The lowest BCUT2D eigenvalue weighted by Gasteiger charge is -2.13. The van der Waals surface area contributed by atoms with Crippen molar-refractivity contribution < 1.29 is 31.8 Å². The lowest BCUT2D eigenvalue weighted by atomic mass is 10.2. The number of hydrogen-bond donors (Lipinski definition) is 1. The molecule has 3 nitrogen and oxygen atoms in total. The molecule has 0 saturated heterocycles. The molecular weight excluding hydrogens is 237 g/mol. The number of alkyl halides is 5. The van der Waals surface area contributed by atoms with E-state index in [1.165, 1.54) is 0 Å². The minimum atomic E-state index is -4.95. The van der Waals surface area contributed by atoms with Crippen molar-refractivity contribution in [3.05, 3.63) is 17.3 Å². The number of ether oxygens (including phenoxy) is 1. The molecule has 0 aliphatic carbocycles. The zero-order valence-corrected chi connectivity index (χ0v) is 7.85. The van der Waals surface area contributed by atoms with Gasteiger partial charge in [-0.1, -0.05) is 0 Å². The largest absolute Gasteiger partial charge is 0.505 e. The molecule has 1 aromatic heterocycles. The molecule has 8 heteroatoms. The van der Waals surface area contributed by atoms with E-state index in [0.717, 1.165) is 7.11 Å². The van der Waals surface area contributed by atoms with Crippen molar-refractivity contribution >= 4 is 0 Å². The first-order valence-electron chi connectivity index (χ1n) is 3.90. The Bertz CT molecular complexity index is 391. The zero-order valence-electron chi connectivity index (χ0n) is 7.85. The number of aromatic nitrogens is 1. The molecule has 0 atom stereocenters. The fourth-order valence-corrected chi connectivity index (χ4v) is 1.01. The Hall–Kier alpha value is -1.60. The molecule has 90 valence electrons. The molecule has 1 rings (SSSR count). The smallest absolute Gasteiger partial charge is 0.420 e. The van der Waals surface area contributed by atoms with Crippen LogP contribution in [0.3, 0.4) is 0 Å². The van der Waals surface area contributed by atoms with Gasteiger partial charge in [0.1, 0.15) is 5.56 Å². The summed E-state index contributed by atoms with van der Waals surface area (Å²) >= 11 is 0. The van der Waals surface area contributed by atoms with Crippen LogP contribution in [0.1, 0.15) is 17.7 Å². The van der Waals surface area contributed by atoms with Crippen molar-refractivity contribution in [3.63, 3.8) is 0 Å². The molecule has 0 aromatic carbocycles. The molecule has 1 N–H and O–H groups in total. The van der Waals surface area contributed by atoms with Gasteiger partial charge in [0.05, 0.1) is 7.11 Å². The summed E-state index contributed by atoms with van der Waals surface area (Å²) in [7, 11) is 0.981. The first-order valence-corrected chi connectivity index (χ1v) is 3.90. The van der Waals surface area contributed by atoms with E-state index in [1.807, 2.05) is 0 Å². The third-order valence-electron chi connectivity index (χ3n) is 1.72. The Balaban J connectivity index is 3.44. The molecule has 16 heavy (non-hydrogen) atoms. The van der Waals surface area contributed by atoms with Gasteiger partial charge in [-0.15, -0.1) is 0 Å². The Morgan fingerprint density at radius 2 is 1.94 bits per heavy atom. The molecule has 0 spiro atoms. The first-order chi connectivity index (χ1) is 7.27. The van der Waals surface area contributed by atoms with Crippen LogP contribution in [0.5, 0.6) is 11.6 Å². The van der Waals surface area contributed by atoms with Crippen molar-refractivity contribution in [3.8, 4) is 11.6 Å². The minimum Gasteiger partial charge on any atom is -0.505 e. The normalized spacial score (nSPS) is 11.9. The molecule has 0 bridgehead atoms. The summed E-state index contributed by atoms with van der Waals surface area (Å²) in [6, 6.07) is 0.348. The number of methoxy groups -OCH3 is 1. The molecule has 1 aromatic rings. The highest BCUT2D eigenvalue weighted by atomic mass is 19.4. The lowest BCUT2D eigenvalue weighted by Crippen LogP contribution is -2.09. The fourth-order valence-electron chi connectivity index (χ4n) is 1.01. The molecule has 1 heterocycles. The van der Waals surface area contributed by atoms with Crippen LogP contribution in [0.25, 0.3) is 0 Å². The third kappa shape index (κ3) is 2.31. The SMILES string of the molecule is COc1cc(C(F)(F)F)c(O)c(C(F)F)n1. The molecule has 0 aliphatic heterocycles. The van der Waals surface area contributed by atoms with Gasteiger partial charge in [0.25, 0.3) is 6.43 Å². The van der Waals surface area contributed by atoms with Crippen molar-refractivity contribution in [2.45, 2.75) is 12.6 Å². The first kappa shape index (κ1) is 12.5. The number of aromatic hydroxyl groups is 1. The third-order valence-corrected chi connectivity index (χ3v) is 1.72. The predicted octanol–water partition coefficient (Wildman–Crippen LogP) is 2.75. The quantitative estimate of drug-likeness (QED) is 0.812. The van der Waals surface area contributed by atoms with Crippen molar-refractivity contribution in [2.24, 2.45) is 0 Å². The van der Waals surface area contributed by atoms with Crippen LogP contribution in [0.4, 0.5) is 22.0 Å². The predicted molar refractivity (Wildman–Crippen MR) is 42.4 cm³/mol. The Kier molecular flexibility index (Phi) is 3.20. The van der Waals surface area contributed by atoms with Crippen molar-refractivity contribution in [1.82, 2.24) is 4.98 Å². The molecule has 0 radical (unpaired) electrons. The summed E-state index contributed by atoms with van der Waals surface area (Å²) in [5, 5.41) is 9.00. The van der Waals surface area contributed by atoms with Crippen LogP contribution < -0.4 is 4.74 Å². The maximum Gasteiger partial charge on any atom is 0.420 e. The Morgan fingerprint density at radius 3 is 2.31 bits per heavy atom. The van der Waals surface area contributed by atoms with Crippen molar-refractivity contribution in [1.29, 1.82) is 0 Å². The number of hydrogen-bond acceptors (Lipinski definition) is 3. The van der Waals surface area contributed by atoms with Crippen molar-refractivity contribution in [2.75, 3.05) is 7.11 Å². The summed E-state index contributed by atoms with van der Waals surface area (Å²) in [5.74, 6) is -2.22. The van der Waals surface area contributed by atoms with Gasteiger partial charge in [-0.25, -0.2) is 13.8 Å². The fraction of sp³-hybridized carbons (Fsp3) is 0.375. The maximum absolute atomic E-state index is 12.3. The molecular formula is C8H6F5NO2. The Labute approximate surface area is 86.5 Å². The maximum atomic E-state index is 12.3. The number of nitrogens with zero attached hydrogens (tertiary/aromatic N) is 1. The summed E-state index contributed by atoms with van der Waals surface area (Å²) < 4.78 is 65.8. The summed E-state index contributed by atoms with van der Waals surface area (Å²) in [4.78, 5) is 3.04. The monoisotopic (exact) mass is 243 g/mol. The van der Waals surface area contributed by atoms with Crippen LogP contribution >= 0.6 is 0 Å². The van der Waals surface area contributed by atoms with Gasteiger partial charge < -0.3 is 9.84 Å². The van der Waals surface area contributed by atoms with Crippen LogP contribution in [0, 0.1) is 0 Å². The number of pyridine rings is 1. The average molecular weight is 243 g/mol. The van der Waals surface area contributed by atoms with E-state index >= 15 is 0 Å². The Morgan fingerprint density at radius 1 is 1.38 bits per heavy atom. The van der Waals surface area contributed by atoms with Gasteiger partial charge in [0.2, 0.25) is 5.88 Å². The molecule has 0 fully saturated rings. The minimum absolute atomic E-state index is 0.348. The van der Waals surface area contributed by atoms with E-state index in [2.05, 4.69) is 9.72 Å². The lowest BCUT2D eigenvalue weighted by molar-refractivity contribution is -0.139. The van der Waals surface area contributed by atoms with E-state index in [4.69, 9.17) is 5.11 Å². The van der Waals surface area contributed by atoms with E-state index in [9.17, 15) is 22.0 Å². The van der Waals surface area contributed by atoms with Gasteiger partial charge >= 0.3 is 6.18 Å². The van der Waals surface area contributed by atoms with Crippen LogP contribution in [-0.2, 0) is 6.18 Å².